The molecule has 0 spiro atoms. The highest BCUT2D eigenvalue weighted by Crippen LogP contribution is 2.47. The van der Waals surface area contributed by atoms with Crippen molar-refractivity contribution in [2.45, 2.75) is 13.5 Å². The van der Waals surface area contributed by atoms with Gasteiger partial charge in [0.25, 0.3) is 0 Å². The molecule has 1 heterocycles. The molecule has 10 heteroatoms. The number of H-pyrrole nitrogens is 1. The number of carbonyl (C=O) groups excluding carboxylic acids is 1. The van der Waals surface area contributed by atoms with Gasteiger partial charge in [-0.3, -0.25) is 9.36 Å². The van der Waals surface area contributed by atoms with Crippen LogP contribution in [0.3, 0.4) is 0 Å². The standard InChI is InChI=1S/C19H25N2O7P/c1-2-27-29(24,13-9-20)28-12-11-25-19(23)17-18(16(22)8-10-21-17)26-14-15-6-4-3-5-7-15/h3-8,10H,2,9,11-14,20H2,1H3,(H,21,22). The van der Waals surface area contributed by atoms with E-state index in [2.05, 4.69) is 4.98 Å². The largest absolute Gasteiger partial charge is 0.482 e. The number of hydrogen-bond donors (Lipinski definition) is 2. The van der Waals surface area contributed by atoms with Gasteiger partial charge in [-0.05, 0) is 12.5 Å². The van der Waals surface area contributed by atoms with Crippen molar-refractivity contribution in [3.8, 4) is 5.75 Å². The van der Waals surface area contributed by atoms with Crippen LogP contribution in [0.25, 0.3) is 0 Å². The summed E-state index contributed by atoms with van der Waals surface area (Å²) in [6.45, 7) is 1.84. The van der Waals surface area contributed by atoms with Gasteiger partial charge >= 0.3 is 13.6 Å². The third-order valence-corrected chi connectivity index (χ3v) is 5.71. The van der Waals surface area contributed by atoms with Crippen molar-refractivity contribution < 1.29 is 27.9 Å². The number of hydrogen-bond acceptors (Lipinski definition) is 8. The normalized spacial score (nSPS) is 12.9. The highest BCUT2D eigenvalue weighted by molar-refractivity contribution is 7.53. The van der Waals surface area contributed by atoms with Crippen molar-refractivity contribution in [1.29, 1.82) is 0 Å². The Labute approximate surface area is 168 Å². The number of rotatable bonds is 12. The van der Waals surface area contributed by atoms with Gasteiger partial charge in [-0.2, -0.15) is 0 Å². The van der Waals surface area contributed by atoms with Crippen LogP contribution in [0.5, 0.6) is 5.75 Å². The zero-order valence-corrected chi connectivity index (χ0v) is 17.1. The lowest BCUT2D eigenvalue weighted by molar-refractivity contribution is 0.0424. The second-order valence-corrected chi connectivity index (χ2v) is 8.02. The molecule has 2 aromatic rings. The molecule has 0 saturated heterocycles. The number of pyridine rings is 1. The van der Waals surface area contributed by atoms with E-state index in [4.69, 9.17) is 24.3 Å². The zero-order chi connectivity index (χ0) is 21.1. The van der Waals surface area contributed by atoms with Gasteiger partial charge in [-0.1, -0.05) is 30.3 Å². The summed E-state index contributed by atoms with van der Waals surface area (Å²) in [5, 5.41) is 0. The summed E-state index contributed by atoms with van der Waals surface area (Å²) in [5.74, 6) is -0.926. The predicted molar refractivity (Wildman–Crippen MR) is 107 cm³/mol. The van der Waals surface area contributed by atoms with E-state index in [1.165, 1.54) is 12.3 Å². The van der Waals surface area contributed by atoms with Gasteiger partial charge in [0.05, 0.1) is 19.4 Å². The van der Waals surface area contributed by atoms with Gasteiger partial charge in [-0.25, -0.2) is 4.79 Å². The number of nitrogens with one attached hydrogen (secondary N) is 1. The van der Waals surface area contributed by atoms with Gasteiger partial charge in [0.1, 0.15) is 13.2 Å². The molecule has 29 heavy (non-hydrogen) atoms. The molecule has 0 amide bonds. The molecular weight excluding hydrogens is 399 g/mol. The third kappa shape index (κ3) is 7.14. The Bertz CT molecular complexity index is 876. The average molecular weight is 424 g/mol. The second-order valence-electron chi connectivity index (χ2n) is 5.83. The molecule has 9 nitrogen and oxygen atoms in total. The van der Waals surface area contributed by atoms with Crippen LogP contribution in [-0.4, -0.2) is 43.5 Å². The fraction of sp³-hybridized carbons (Fsp3) is 0.368. The summed E-state index contributed by atoms with van der Waals surface area (Å²) in [4.78, 5) is 27.2. The average Bonchev–Trinajstić information content (AvgIpc) is 2.71. The fourth-order valence-electron chi connectivity index (χ4n) is 2.39. The molecule has 1 aromatic heterocycles. The second kappa shape index (κ2) is 11.5. The van der Waals surface area contributed by atoms with Gasteiger partial charge in [0, 0.05) is 18.8 Å². The van der Waals surface area contributed by atoms with Crippen LogP contribution in [0.4, 0.5) is 0 Å². The van der Waals surface area contributed by atoms with E-state index in [1.807, 2.05) is 30.3 Å². The molecule has 1 aromatic carbocycles. The van der Waals surface area contributed by atoms with Gasteiger partial charge in [-0.15, -0.1) is 0 Å². The summed E-state index contributed by atoms with van der Waals surface area (Å²) in [7, 11) is -3.31. The van der Waals surface area contributed by atoms with Crippen LogP contribution >= 0.6 is 7.60 Å². The molecule has 158 valence electrons. The number of aromatic nitrogens is 1. The first-order chi connectivity index (χ1) is 14.0. The van der Waals surface area contributed by atoms with Crippen molar-refractivity contribution >= 4 is 13.6 Å². The highest BCUT2D eigenvalue weighted by Gasteiger charge is 2.23. The van der Waals surface area contributed by atoms with Crippen LogP contribution < -0.4 is 15.9 Å². The first-order valence-corrected chi connectivity index (χ1v) is 10.9. The maximum atomic E-state index is 12.4. The van der Waals surface area contributed by atoms with E-state index in [-0.39, 0.29) is 50.6 Å². The molecule has 3 N–H and O–H groups in total. The van der Waals surface area contributed by atoms with E-state index in [0.717, 1.165) is 5.56 Å². The molecule has 0 aliphatic carbocycles. The number of esters is 1. The molecule has 1 unspecified atom stereocenters. The summed E-state index contributed by atoms with van der Waals surface area (Å²) in [5.41, 5.74) is 5.69. The van der Waals surface area contributed by atoms with Gasteiger partial charge in [0.15, 0.2) is 11.4 Å². The van der Waals surface area contributed by atoms with E-state index < -0.39 is 19.0 Å². The molecule has 1 atom stereocenters. The topological polar surface area (TPSA) is 130 Å². The monoisotopic (exact) mass is 424 g/mol. The first kappa shape index (κ1) is 22.8. The summed E-state index contributed by atoms with van der Waals surface area (Å²) >= 11 is 0. The maximum absolute atomic E-state index is 12.4. The Kier molecular flexibility index (Phi) is 9.08. The van der Waals surface area contributed by atoms with Crippen LogP contribution in [-0.2, 0) is 25.0 Å². The Morgan fingerprint density at radius 2 is 1.90 bits per heavy atom. The maximum Gasteiger partial charge on any atom is 0.358 e. The minimum absolute atomic E-state index is 0.0677. The SMILES string of the molecule is CCOP(=O)(CCN)OCCOC(=O)c1[nH]ccc(=O)c1OCc1ccccc1. The lowest BCUT2D eigenvalue weighted by atomic mass is 10.2. The Morgan fingerprint density at radius 1 is 1.14 bits per heavy atom. The molecule has 0 aliphatic rings. The molecule has 0 saturated carbocycles. The molecule has 2 rings (SSSR count). The Hall–Kier alpha value is -2.45. The number of benzene rings is 1. The minimum Gasteiger partial charge on any atom is -0.482 e. The quantitative estimate of drug-likeness (QED) is 0.302. The van der Waals surface area contributed by atoms with Crippen molar-refractivity contribution in [3.63, 3.8) is 0 Å². The Morgan fingerprint density at radius 3 is 2.59 bits per heavy atom. The van der Waals surface area contributed by atoms with Gasteiger partial charge in [0.2, 0.25) is 5.43 Å². The van der Waals surface area contributed by atoms with E-state index in [1.54, 1.807) is 6.92 Å². The van der Waals surface area contributed by atoms with E-state index >= 15 is 0 Å². The lowest BCUT2D eigenvalue weighted by Crippen LogP contribution is -2.18. The van der Waals surface area contributed by atoms with Crippen molar-refractivity contribution in [2.75, 3.05) is 32.5 Å². The summed E-state index contributed by atoms with van der Waals surface area (Å²) < 4.78 is 33.3. The third-order valence-electron chi connectivity index (χ3n) is 3.68. The number of carbonyl (C=O) groups is 1. The zero-order valence-electron chi connectivity index (χ0n) is 16.2. The Balaban J connectivity index is 1.96. The lowest BCUT2D eigenvalue weighted by Gasteiger charge is -2.17. The summed E-state index contributed by atoms with van der Waals surface area (Å²) in [6.07, 6.45) is 1.40. The molecule has 0 radical (unpaired) electrons. The van der Waals surface area contributed by atoms with Crippen molar-refractivity contribution in [1.82, 2.24) is 4.98 Å². The smallest absolute Gasteiger partial charge is 0.358 e. The predicted octanol–water partition coefficient (Wildman–Crippen LogP) is 2.32. The van der Waals surface area contributed by atoms with E-state index in [9.17, 15) is 14.2 Å². The van der Waals surface area contributed by atoms with E-state index in [0.29, 0.717) is 0 Å². The summed E-state index contributed by atoms with van der Waals surface area (Å²) in [6, 6.07) is 10.5. The molecule has 0 bridgehead atoms. The molecule has 0 aliphatic heterocycles. The van der Waals surface area contributed by atoms with Crippen LogP contribution in [0, 0.1) is 0 Å². The number of nitrogens with two attached hydrogens (primary N) is 1. The van der Waals surface area contributed by atoms with Crippen LogP contribution in [0.1, 0.15) is 23.0 Å². The van der Waals surface area contributed by atoms with Gasteiger partial charge < -0.3 is 29.2 Å². The first-order valence-electron chi connectivity index (χ1n) is 9.13. The minimum atomic E-state index is -3.31. The number of ether oxygens (including phenoxy) is 2. The van der Waals surface area contributed by atoms with Crippen LogP contribution in [0.15, 0.2) is 47.4 Å². The van der Waals surface area contributed by atoms with Crippen LogP contribution in [0.2, 0.25) is 0 Å². The van der Waals surface area contributed by atoms with Crippen molar-refractivity contribution in [2.24, 2.45) is 5.73 Å². The fourth-order valence-corrected chi connectivity index (χ4v) is 3.79. The highest BCUT2D eigenvalue weighted by atomic mass is 31.2. The number of aromatic amines is 1. The molecular formula is C19H25N2O7P. The molecule has 0 fully saturated rings. The van der Waals surface area contributed by atoms with Crippen molar-refractivity contribution in [3.05, 3.63) is 64.1 Å².